The van der Waals surface area contributed by atoms with Gasteiger partial charge < -0.3 is 15.3 Å². The number of carbonyl (C=O) groups is 2. The van der Waals surface area contributed by atoms with Crippen molar-refractivity contribution in [3.63, 3.8) is 0 Å². The number of rotatable bonds is 4. The first kappa shape index (κ1) is 14.8. The van der Waals surface area contributed by atoms with Crippen LogP contribution in [0, 0.1) is 0 Å². The lowest BCUT2D eigenvalue weighted by molar-refractivity contribution is -0.141. The molecule has 0 aromatic heterocycles. The van der Waals surface area contributed by atoms with E-state index < -0.39 is 17.9 Å². The molecule has 2 N–H and O–H groups in total. The molecule has 0 saturated carbocycles. The van der Waals surface area contributed by atoms with Crippen LogP contribution in [0.25, 0.3) is 0 Å². The molecule has 0 bridgehead atoms. The van der Waals surface area contributed by atoms with Crippen LogP contribution in [0.5, 0.6) is 0 Å². The Labute approximate surface area is 133 Å². The molecule has 0 aliphatic carbocycles. The van der Waals surface area contributed by atoms with Crippen molar-refractivity contribution in [2.24, 2.45) is 0 Å². The lowest BCUT2D eigenvalue weighted by atomic mass is 10.0. The Morgan fingerprint density at radius 1 is 1.17 bits per heavy atom. The van der Waals surface area contributed by atoms with Crippen molar-refractivity contribution in [2.75, 3.05) is 6.54 Å². The van der Waals surface area contributed by atoms with Crippen LogP contribution < -0.4 is 5.32 Å². The first-order valence-electron chi connectivity index (χ1n) is 7.27. The molecule has 0 radical (unpaired) electrons. The number of carbonyl (C=O) groups excluding carboxylic acids is 1. The molecule has 1 atom stereocenters. The number of allylic oxidation sites excluding steroid dienone is 3. The van der Waals surface area contributed by atoms with Crippen molar-refractivity contribution < 1.29 is 14.7 Å². The van der Waals surface area contributed by atoms with Gasteiger partial charge >= 0.3 is 5.97 Å². The van der Waals surface area contributed by atoms with E-state index in [-0.39, 0.29) is 0 Å². The van der Waals surface area contributed by atoms with Crippen molar-refractivity contribution in [3.8, 4) is 0 Å². The van der Waals surface area contributed by atoms with E-state index in [0.717, 1.165) is 5.70 Å². The van der Waals surface area contributed by atoms with Gasteiger partial charge in [-0.1, -0.05) is 42.5 Å². The number of nitrogens with zero attached hydrogens (tertiary/aromatic N) is 1. The Morgan fingerprint density at radius 3 is 2.70 bits per heavy atom. The molecule has 1 aromatic carbocycles. The largest absolute Gasteiger partial charge is 0.479 e. The molecule has 5 nitrogen and oxygen atoms in total. The summed E-state index contributed by atoms with van der Waals surface area (Å²) in [5.41, 5.74) is 1.92. The zero-order valence-electron chi connectivity index (χ0n) is 12.3. The van der Waals surface area contributed by atoms with E-state index in [1.807, 2.05) is 29.3 Å². The van der Waals surface area contributed by atoms with Crippen LogP contribution in [0.1, 0.15) is 11.6 Å². The summed E-state index contributed by atoms with van der Waals surface area (Å²) < 4.78 is 0. The highest BCUT2D eigenvalue weighted by Gasteiger charge is 2.24. The summed E-state index contributed by atoms with van der Waals surface area (Å²) in [4.78, 5) is 25.9. The molecular weight excluding hydrogens is 292 g/mol. The molecule has 0 fully saturated rings. The molecule has 1 aromatic rings. The van der Waals surface area contributed by atoms with E-state index in [0.29, 0.717) is 17.7 Å². The molecule has 0 spiro atoms. The normalized spacial score (nSPS) is 17.0. The highest BCUT2D eigenvalue weighted by molar-refractivity contribution is 5.99. The monoisotopic (exact) mass is 308 g/mol. The van der Waals surface area contributed by atoms with Gasteiger partial charge in [0, 0.05) is 24.0 Å². The fourth-order valence-corrected chi connectivity index (χ4v) is 2.51. The first-order valence-corrected chi connectivity index (χ1v) is 7.27. The predicted octanol–water partition coefficient (Wildman–Crippen LogP) is 2.14. The smallest absolute Gasteiger partial charge is 0.330 e. The summed E-state index contributed by atoms with van der Waals surface area (Å²) in [6.07, 6.45) is 11.2. The lowest BCUT2D eigenvalue weighted by Gasteiger charge is -2.26. The molecular formula is C18H16N2O3. The number of fused-ring (bicyclic) bond motifs is 1. The standard InChI is InChI=1S/C18H16N2O3/c21-17(14-9-11-20-10-5-4-8-15(20)12-14)19-16(18(22)23)13-6-2-1-3-7-13/h1-10,12,16H,11H2,(H,19,21)(H,22,23). The number of nitrogens with one attached hydrogen (secondary N) is 1. The van der Waals surface area contributed by atoms with Gasteiger partial charge in [-0.05, 0) is 23.8 Å². The minimum atomic E-state index is -1.09. The number of aliphatic carboxylic acids is 1. The number of hydrogen-bond acceptors (Lipinski definition) is 3. The van der Waals surface area contributed by atoms with Crippen LogP contribution in [-0.4, -0.2) is 28.4 Å². The molecule has 1 amide bonds. The molecule has 23 heavy (non-hydrogen) atoms. The van der Waals surface area contributed by atoms with E-state index in [2.05, 4.69) is 5.32 Å². The fraction of sp³-hybridized carbons (Fsp3) is 0.111. The molecule has 1 unspecified atom stereocenters. The van der Waals surface area contributed by atoms with Crippen LogP contribution in [0.15, 0.2) is 78.2 Å². The van der Waals surface area contributed by atoms with Crippen LogP contribution in [0.2, 0.25) is 0 Å². The Balaban J connectivity index is 1.77. The minimum absolute atomic E-state index is 0.392. The minimum Gasteiger partial charge on any atom is -0.479 e. The van der Waals surface area contributed by atoms with E-state index in [4.69, 9.17) is 0 Å². The summed E-state index contributed by atoms with van der Waals surface area (Å²) >= 11 is 0. The van der Waals surface area contributed by atoms with E-state index in [9.17, 15) is 14.7 Å². The third-order valence-electron chi connectivity index (χ3n) is 3.70. The number of benzene rings is 1. The topological polar surface area (TPSA) is 69.6 Å². The summed E-state index contributed by atoms with van der Waals surface area (Å²) in [6.45, 7) is 0.582. The van der Waals surface area contributed by atoms with Crippen molar-refractivity contribution in [3.05, 3.63) is 83.7 Å². The van der Waals surface area contributed by atoms with Gasteiger partial charge in [-0.2, -0.15) is 0 Å². The molecule has 2 aliphatic heterocycles. The van der Waals surface area contributed by atoms with Crippen molar-refractivity contribution in [1.82, 2.24) is 10.2 Å². The third-order valence-corrected chi connectivity index (χ3v) is 3.70. The van der Waals surface area contributed by atoms with Crippen molar-refractivity contribution >= 4 is 11.9 Å². The van der Waals surface area contributed by atoms with Gasteiger partial charge in [0.25, 0.3) is 5.91 Å². The van der Waals surface area contributed by atoms with Crippen molar-refractivity contribution in [2.45, 2.75) is 6.04 Å². The van der Waals surface area contributed by atoms with E-state index >= 15 is 0 Å². The van der Waals surface area contributed by atoms with Gasteiger partial charge in [-0.3, -0.25) is 4.79 Å². The number of amides is 1. The molecule has 0 saturated heterocycles. The Morgan fingerprint density at radius 2 is 1.96 bits per heavy atom. The molecule has 3 rings (SSSR count). The van der Waals surface area contributed by atoms with Gasteiger partial charge in [0.1, 0.15) is 0 Å². The van der Waals surface area contributed by atoms with Gasteiger partial charge in [-0.15, -0.1) is 0 Å². The maximum absolute atomic E-state index is 12.4. The quantitative estimate of drug-likeness (QED) is 0.894. The SMILES string of the molecule is O=C(NC(C(=O)O)c1ccccc1)C1=CCN2C=CC=CC2=C1. The van der Waals surface area contributed by atoms with Gasteiger partial charge in [-0.25, -0.2) is 4.79 Å². The summed E-state index contributed by atoms with van der Waals surface area (Å²) in [6, 6.07) is 7.59. The molecule has 2 heterocycles. The number of hydrogen-bond donors (Lipinski definition) is 2. The Kier molecular flexibility index (Phi) is 4.10. The first-order chi connectivity index (χ1) is 11.1. The summed E-state index contributed by atoms with van der Waals surface area (Å²) in [5.74, 6) is -1.48. The second-order valence-corrected chi connectivity index (χ2v) is 5.24. The zero-order valence-corrected chi connectivity index (χ0v) is 12.3. The van der Waals surface area contributed by atoms with Crippen LogP contribution in [0.3, 0.4) is 0 Å². The highest BCUT2D eigenvalue weighted by Crippen LogP contribution is 2.21. The Hall–Kier alpha value is -3.08. The third kappa shape index (κ3) is 3.23. The van der Waals surface area contributed by atoms with Gasteiger partial charge in [0.05, 0.1) is 0 Å². The number of carboxylic acids is 1. The zero-order chi connectivity index (χ0) is 16.2. The maximum Gasteiger partial charge on any atom is 0.330 e. The van der Waals surface area contributed by atoms with Crippen LogP contribution in [0.4, 0.5) is 0 Å². The van der Waals surface area contributed by atoms with Crippen LogP contribution in [-0.2, 0) is 9.59 Å². The molecule has 2 aliphatic rings. The second-order valence-electron chi connectivity index (χ2n) is 5.24. The fourth-order valence-electron chi connectivity index (χ4n) is 2.51. The summed E-state index contributed by atoms with van der Waals surface area (Å²) in [7, 11) is 0. The Bertz CT molecular complexity index is 745. The maximum atomic E-state index is 12.4. The van der Waals surface area contributed by atoms with Gasteiger partial charge in [0.15, 0.2) is 6.04 Å². The average molecular weight is 308 g/mol. The van der Waals surface area contributed by atoms with E-state index in [1.165, 1.54) is 0 Å². The number of carboxylic acid groups (broad SMARTS) is 1. The summed E-state index contributed by atoms with van der Waals surface area (Å²) in [5, 5.41) is 12.0. The second kappa shape index (κ2) is 6.36. The van der Waals surface area contributed by atoms with Gasteiger partial charge in [0.2, 0.25) is 0 Å². The average Bonchev–Trinajstić information content (AvgIpc) is 2.59. The van der Waals surface area contributed by atoms with Crippen molar-refractivity contribution in [1.29, 1.82) is 0 Å². The molecule has 5 heteroatoms. The van der Waals surface area contributed by atoms with E-state index in [1.54, 1.807) is 42.5 Å². The molecule has 116 valence electrons. The lowest BCUT2D eigenvalue weighted by Crippen LogP contribution is -2.35. The highest BCUT2D eigenvalue weighted by atomic mass is 16.4. The van der Waals surface area contributed by atoms with Crippen LogP contribution >= 0.6 is 0 Å². The predicted molar refractivity (Wildman–Crippen MR) is 86.1 cm³/mol.